The molecule has 0 heterocycles. The summed E-state index contributed by atoms with van der Waals surface area (Å²) in [6, 6.07) is 29.9. The second-order valence-corrected chi connectivity index (χ2v) is 14.7. The lowest BCUT2D eigenvalue weighted by Crippen LogP contribution is -2.54. The predicted molar refractivity (Wildman–Crippen MR) is 186 cm³/mol. The Hall–Kier alpha value is -3.95. The van der Waals surface area contributed by atoms with Gasteiger partial charge in [-0.1, -0.05) is 95.5 Å². The number of sulfonamides is 1. The van der Waals surface area contributed by atoms with Crippen LogP contribution in [0.1, 0.15) is 47.9 Å². The molecule has 1 fully saturated rings. The number of hydrogen-bond donors (Lipinski definition) is 1. The van der Waals surface area contributed by atoms with E-state index in [0.29, 0.717) is 5.69 Å². The molecule has 0 bridgehead atoms. The molecule has 9 heteroatoms. The van der Waals surface area contributed by atoms with Crippen LogP contribution in [-0.2, 0) is 32.6 Å². The molecule has 1 N–H and O–H groups in total. The average Bonchev–Trinajstić information content (AvgIpc) is 3.56. The van der Waals surface area contributed by atoms with Crippen molar-refractivity contribution in [2.24, 2.45) is 0 Å². The molecule has 0 spiro atoms. The number of aryl methyl sites for hydroxylation is 2. The highest BCUT2D eigenvalue weighted by Gasteiger charge is 2.35. The second-order valence-electron chi connectivity index (χ2n) is 11.9. The first-order valence-corrected chi connectivity index (χ1v) is 17.9. The van der Waals surface area contributed by atoms with E-state index < -0.39 is 28.5 Å². The Labute approximate surface area is 280 Å². The monoisotopic (exact) mass is 701 g/mol. The normalized spacial score (nSPS) is 14.1. The van der Waals surface area contributed by atoms with Gasteiger partial charge in [-0.3, -0.25) is 13.9 Å². The van der Waals surface area contributed by atoms with E-state index in [-0.39, 0.29) is 29.8 Å². The van der Waals surface area contributed by atoms with Gasteiger partial charge in [0.1, 0.15) is 12.6 Å². The van der Waals surface area contributed by atoms with E-state index in [1.807, 2.05) is 74.5 Å². The molecule has 5 rings (SSSR count). The van der Waals surface area contributed by atoms with E-state index >= 15 is 0 Å². The number of halogens is 1. The molecule has 1 atom stereocenters. The van der Waals surface area contributed by atoms with E-state index in [1.54, 1.807) is 35.2 Å². The molecule has 240 valence electrons. The van der Waals surface area contributed by atoms with E-state index in [0.717, 1.165) is 52.4 Å². The van der Waals surface area contributed by atoms with Crippen LogP contribution in [0.3, 0.4) is 0 Å². The molecule has 4 aromatic rings. The van der Waals surface area contributed by atoms with Crippen LogP contribution < -0.4 is 9.62 Å². The van der Waals surface area contributed by atoms with Crippen molar-refractivity contribution in [1.82, 2.24) is 10.2 Å². The van der Waals surface area contributed by atoms with E-state index in [4.69, 9.17) is 0 Å². The van der Waals surface area contributed by atoms with Gasteiger partial charge in [0.15, 0.2) is 0 Å². The third kappa shape index (κ3) is 8.25. The van der Waals surface area contributed by atoms with Crippen molar-refractivity contribution in [2.75, 3.05) is 10.8 Å². The number of hydrogen-bond acceptors (Lipinski definition) is 4. The largest absolute Gasteiger partial charge is 0.352 e. The SMILES string of the molecule is Cc1ccc(N(CC(=O)N(Cc2cccc(Br)c2)C(Cc2ccccc2)C(=O)NC2CCCC2)S(=O)(=O)c2ccccc2)cc1C. The van der Waals surface area contributed by atoms with Gasteiger partial charge in [0.25, 0.3) is 10.0 Å². The van der Waals surface area contributed by atoms with Crippen molar-refractivity contribution in [3.8, 4) is 0 Å². The maximum atomic E-state index is 14.6. The van der Waals surface area contributed by atoms with Crippen molar-refractivity contribution in [3.05, 3.63) is 130 Å². The van der Waals surface area contributed by atoms with Crippen LogP contribution in [0.15, 0.2) is 112 Å². The van der Waals surface area contributed by atoms with Gasteiger partial charge in [-0.15, -0.1) is 0 Å². The molecular weight excluding hydrogens is 662 g/mol. The zero-order chi connectivity index (χ0) is 32.7. The third-order valence-corrected chi connectivity index (χ3v) is 10.9. The summed E-state index contributed by atoms with van der Waals surface area (Å²) in [5, 5.41) is 3.21. The van der Waals surface area contributed by atoms with Gasteiger partial charge in [0, 0.05) is 23.5 Å². The number of amides is 2. The lowest BCUT2D eigenvalue weighted by atomic mass is 10.0. The van der Waals surface area contributed by atoms with Gasteiger partial charge in [-0.2, -0.15) is 0 Å². The molecule has 2 amide bonds. The summed E-state index contributed by atoms with van der Waals surface area (Å²) in [5.74, 6) is -0.706. The number of nitrogens with one attached hydrogen (secondary N) is 1. The molecule has 1 unspecified atom stereocenters. The highest BCUT2D eigenvalue weighted by atomic mass is 79.9. The fourth-order valence-corrected chi connectivity index (χ4v) is 7.76. The van der Waals surface area contributed by atoms with Gasteiger partial charge < -0.3 is 10.2 Å². The number of carbonyl (C=O) groups excluding carboxylic acids is 2. The molecule has 7 nitrogen and oxygen atoms in total. The van der Waals surface area contributed by atoms with Crippen molar-refractivity contribution < 1.29 is 18.0 Å². The first-order chi connectivity index (χ1) is 22.1. The number of anilines is 1. The van der Waals surface area contributed by atoms with Gasteiger partial charge in [0.2, 0.25) is 11.8 Å². The minimum atomic E-state index is -4.14. The molecule has 0 radical (unpaired) electrons. The van der Waals surface area contributed by atoms with Crippen LogP contribution in [-0.4, -0.2) is 43.8 Å². The number of carbonyl (C=O) groups is 2. The first kappa shape index (κ1) is 33.4. The quantitative estimate of drug-likeness (QED) is 0.173. The maximum absolute atomic E-state index is 14.6. The van der Waals surface area contributed by atoms with E-state index in [9.17, 15) is 18.0 Å². The molecule has 0 aliphatic heterocycles. The number of rotatable bonds is 12. The summed E-state index contributed by atoms with van der Waals surface area (Å²) in [4.78, 5) is 30.4. The molecule has 1 aliphatic carbocycles. The molecule has 0 aromatic heterocycles. The van der Waals surface area contributed by atoms with E-state index in [2.05, 4.69) is 21.2 Å². The van der Waals surface area contributed by atoms with Crippen molar-refractivity contribution in [2.45, 2.75) is 69.5 Å². The standard InChI is InChI=1S/C37H40BrN3O4S/c1-27-20-21-33(22-28(27)2)41(46(44,45)34-18-7-4-8-19-34)26-36(42)40(25-30-14-11-15-31(38)23-30)35(24-29-12-5-3-6-13-29)37(43)39-32-16-9-10-17-32/h3-8,11-15,18-23,32,35H,9-10,16-17,24-26H2,1-2H3,(H,39,43). The number of nitrogens with zero attached hydrogens (tertiary/aromatic N) is 2. The topological polar surface area (TPSA) is 86.8 Å². The Morgan fingerprint density at radius 2 is 1.48 bits per heavy atom. The Bertz CT molecular complexity index is 1760. The Morgan fingerprint density at radius 1 is 0.826 bits per heavy atom. The smallest absolute Gasteiger partial charge is 0.264 e. The van der Waals surface area contributed by atoms with Crippen LogP contribution >= 0.6 is 15.9 Å². The summed E-state index contributed by atoms with van der Waals surface area (Å²) >= 11 is 3.53. The van der Waals surface area contributed by atoms with Crippen molar-refractivity contribution >= 4 is 43.5 Å². The average molecular weight is 703 g/mol. The van der Waals surface area contributed by atoms with Gasteiger partial charge in [-0.05, 0) is 85.3 Å². The summed E-state index contributed by atoms with van der Waals surface area (Å²) in [5.41, 5.74) is 4.02. The third-order valence-electron chi connectivity index (χ3n) is 8.60. The Kier molecular flexibility index (Phi) is 11.0. The maximum Gasteiger partial charge on any atom is 0.264 e. The highest BCUT2D eigenvalue weighted by Crippen LogP contribution is 2.27. The molecule has 4 aromatic carbocycles. The molecule has 46 heavy (non-hydrogen) atoms. The van der Waals surface area contributed by atoms with Crippen LogP contribution in [0.4, 0.5) is 5.69 Å². The zero-order valence-corrected chi connectivity index (χ0v) is 28.6. The molecule has 1 aliphatic rings. The Balaban J connectivity index is 1.57. The van der Waals surface area contributed by atoms with Crippen LogP contribution in [0.5, 0.6) is 0 Å². The lowest BCUT2D eigenvalue weighted by Gasteiger charge is -2.34. The fraction of sp³-hybridized carbons (Fsp3) is 0.297. The molecular formula is C37H40BrN3O4S. The minimum absolute atomic E-state index is 0.0547. The highest BCUT2D eigenvalue weighted by molar-refractivity contribution is 9.10. The lowest BCUT2D eigenvalue weighted by molar-refractivity contribution is -0.140. The fourth-order valence-electron chi connectivity index (χ4n) is 5.88. The van der Waals surface area contributed by atoms with Crippen LogP contribution in [0.25, 0.3) is 0 Å². The summed E-state index contributed by atoms with van der Waals surface area (Å²) in [7, 11) is -4.14. The zero-order valence-electron chi connectivity index (χ0n) is 26.2. The van der Waals surface area contributed by atoms with Crippen LogP contribution in [0, 0.1) is 13.8 Å². The Morgan fingerprint density at radius 3 is 2.13 bits per heavy atom. The minimum Gasteiger partial charge on any atom is -0.352 e. The summed E-state index contributed by atoms with van der Waals surface area (Å²) in [6.07, 6.45) is 4.20. The predicted octanol–water partition coefficient (Wildman–Crippen LogP) is 6.96. The van der Waals surface area contributed by atoms with Gasteiger partial charge >= 0.3 is 0 Å². The van der Waals surface area contributed by atoms with E-state index in [1.165, 1.54) is 16.4 Å². The summed E-state index contributed by atoms with van der Waals surface area (Å²) < 4.78 is 30.4. The first-order valence-electron chi connectivity index (χ1n) is 15.6. The van der Waals surface area contributed by atoms with Gasteiger partial charge in [-0.25, -0.2) is 8.42 Å². The van der Waals surface area contributed by atoms with Crippen LogP contribution in [0.2, 0.25) is 0 Å². The van der Waals surface area contributed by atoms with Gasteiger partial charge in [0.05, 0.1) is 10.6 Å². The molecule has 0 saturated heterocycles. The second kappa shape index (κ2) is 15.1. The van der Waals surface area contributed by atoms with Crippen molar-refractivity contribution in [1.29, 1.82) is 0 Å². The summed E-state index contributed by atoms with van der Waals surface area (Å²) in [6.45, 7) is 3.52. The molecule has 1 saturated carbocycles. The van der Waals surface area contributed by atoms with Crippen molar-refractivity contribution in [3.63, 3.8) is 0 Å². The number of benzene rings is 4.